The Morgan fingerprint density at radius 1 is 1.41 bits per heavy atom. The van der Waals surface area contributed by atoms with Gasteiger partial charge < -0.3 is 5.32 Å². The molecule has 0 atom stereocenters. The minimum Gasteiger partial charge on any atom is -0.305 e. The third-order valence-electron chi connectivity index (χ3n) is 2.49. The molecule has 0 saturated carbocycles. The molecule has 1 amide bonds. The van der Waals surface area contributed by atoms with Gasteiger partial charge in [-0.05, 0) is 31.5 Å². The minimum atomic E-state index is -0.189. The minimum absolute atomic E-state index is 0.189. The van der Waals surface area contributed by atoms with Gasteiger partial charge in [0.25, 0.3) is 5.91 Å². The van der Waals surface area contributed by atoms with Crippen LogP contribution in [0.5, 0.6) is 0 Å². The number of rotatable bonds is 3. The summed E-state index contributed by atoms with van der Waals surface area (Å²) in [6.07, 6.45) is 3.27. The van der Waals surface area contributed by atoms with Crippen LogP contribution < -0.4 is 5.32 Å². The summed E-state index contributed by atoms with van der Waals surface area (Å²) in [7, 11) is 0. The van der Waals surface area contributed by atoms with Crippen molar-refractivity contribution in [1.82, 2.24) is 14.8 Å². The Balaban J connectivity index is 2.20. The van der Waals surface area contributed by atoms with Crippen molar-refractivity contribution in [1.29, 1.82) is 0 Å². The van der Waals surface area contributed by atoms with E-state index in [9.17, 15) is 4.79 Å². The standard InChI is InChI=1S/C12H14N4O/c1-3-16-10(6-8-14-16)12(17)15-11-9(2)5-4-7-13-11/h4-8H,3H2,1-2H3,(H,13,15,17). The van der Waals surface area contributed by atoms with E-state index in [1.165, 1.54) is 0 Å². The molecule has 2 heterocycles. The second kappa shape index (κ2) is 4.78. The lowest BCUT2D eigenvalue weighted by molar-refractivity contribution is 0.101. The zero-order chi connectivity index (χ0) is 12.3. The number of nitrogens with one attached hydrogen (secondary N) is 1. The van der Waals surface area contributed by atoms with Crippen LogP contribution >= 0.6 is 0 Å². The van der Waals surface area contributed by atoms with Crippen LogP contribution in [0.25, 0.3) is 0 Å². The van der Waals surface area contributed by atoms with Gasteiger partial charge in [-0.3, -0.25) is 9.48 Å². The van der Waals surface area contributed by atoms with E-state index < -0.39 is 0 Å². The fourth-order valence-corrected chi connectivity index (χ4v) is 1.57. The zero-order valence-corrected chi connectivity index (χ0v) is 9.84. The molecule has 0 aliphatic rings. The summed E-state index contributed by atoms with van der Waals surface area (Å²) in [4.78, 5) is 16.1. The lowest BCUT2D eigenvalue weighted by atomic mass is 10.3. The van der Waals surface area contributed by atoms with Crippen LogP contribution in [0, 0.1) is 6.92 Å². The molecule has 2 aromatic heterocycles. The van der Waals surface area contributed by atoms with Gasteiger partial charge in [0.05, 0.1) is 0 Å². The van der Waals surface area contributed by atoms with E-state index in [1.54, 1.807) is 23.1 Å². The normalized spacial score (nSPS) is 10.2. The summed E-state index contributed by atoms with van der Waals surface area (Å²) in [5.74, 6) is 0.396. The molecule has 5 nitrogen and oxygen atoms in total. The van der Waals surface area contributed by atoms with Crippen molar-refractivity contribution in [3.8, 4) is 0 Å². The fourth-order valence-electron chi connectivity index (χ4n) is 1.57. The third-order valence-corrected chi connectivity index (χ3v) is 2.49. The van der Waals surface area contributed by atoms with Gasteiger partial charge in [-0.2, -0.15) is 5.10 Å². The summed E-state index contributed by atoms with van der Waals surface area (Å²) in [5, 5.41) is 6.83. The van der Waals surface area contributed by atoms with Crippen LogP contribution in [0.1, 0.15) is 23.0 Å². The maximum absolute atomic E-state index is 12.0. The first-order valence-electron chi connectivity index (χ1n) is 5.47. The number of amides is 1. The first-order valence-corrected chi connectivity index (χ1v) is 5.47. The predicted octanol–water partition coefficient (Wildman–Crippen LogP) is 1.86. The fraction of sp³-hybridized carbons (Fsp3) is 0.250. The van der Waals surface area contributed by atoms with E-state index in [1.807, 2.05) is 26.0 Å². The number of carbonyl (C=O) groups is 1. The number of hydrogen-bond acceptors (Lipinski definition) is 3. The number of aromatic nitrogens is 3. The first kappa shape index (κ1) is 11.3. The van der Waals surface area contributed by atoms with E-state index in [-0.39, 0.29) is 5.91 Å². The number of hydrogen-bond donors (Lipinski definition) is 1. The summed E-state index contributed by atoms with van der Waals surface area (Å²) >= 11 is 0. The first-order chi connectivity index (χ1) is 8.22. The SMILES string of the molecule is CCn1nccc1C(=O)Nc1ncccc1C. The van der Waals surface area contributed by atoms with Crippen molar-refractivity contribution < 1.29 is 4.79 Å². The molecule has 0 bridgehead atoms. The lowest BCUT2D eigenvalue weighted by Crippen LogP contribution is -2.18. The van der Waals surface area contributed by atoms with Gasteiger partial charge >= 0.3 is 0 Å². The molecule has 0 spiro atoms. The number of carbonyl (C=O) groups excluding carboxylic acids is 1. The average Bonchev–Trinajstić information content (AvgIpc) is 2.80. The largest absolute Gasteiger partial charge is 0.305 e. The van der Waals surface area contributed by atoms with Crippen LogP contribution in [0.4, 0.5) is 5.82 Å². The highest BCUT2D eigenvalue weighted by Gasteiger charge is 2.12. The van der Waals surface area contributed by atoms with Crippen LogP contribution in [0.15, 0.2) is 30.6 Å². The molecule has 1 N–H and O–H groups in total. The molecule has 0 radical (unpaired) electrons. The number of aryl methyl sites for hydroxylation is 2. The molecule has 0 aliphatic carbocycles. The Hall–Kier alpha value is -2.17. The number of anilines is 1. The van der Waals surface area contributed by atoms with Gasteiger partial charge in [-0.1, -0.05) is 6.07 Å². The third kappa shape index (κ3) is 2.33. The van der Waals surface area contributed by atoms with Crippen LogP contribution in [0.3, 0.4) is 0 Å². The Labute approximate surface area is 99.5 Å². The van der Waals surface area contributed by atoms with Gasteiger partial charge in [0.1, 0.15) is 11.5 Å². The van der Waals surface area contributed by atoms with Gasteiger partial charge in [-0.25, -0.2) is 4.98 Å². The van der Waals surface area contributed by atoms with E-state index >= 15 is 0 Å². The maximum atomic E-state index is 12.0. The molecule has 0 aliphatic heterocycles. The Morgan fingerprint density at radius 2 is 2.24 bits per heavy atom. The average molecular weight is 230 g/mol. The van der Waals surface area contributed by atoms with Crippen molar-refractivity contribution >= 4 is 11.7 Å². The molecule has 0 fully saturated rings. The van der Waals surface area contributed by atoms with Crippen molar-refractivity contribution in [2.45, 2.75) is 20.4 Å². The highest BCUT2D eigenvalue weighted by atomic mass is 16.2. The van der Waals surface area contributed by atoms with E-state index in [0.29, 0.717) is 18.1 Å². The van der Waals surface area contributed by atoms with Gasteiger partial charge in [0.15, 0.2) is 0 Å². The monoisotopic (exact) mass is 230 g/mol. The quantitative estimate of drug-likeness (QED) is 0.875. The van der Waals surface area contributed by atoms with Gasteiger partial charge in [-0.15, -0.1) is 0 Å². The van der Waals surface area contributed by atoms with Crippen LogP contribution in [-0.2, 0) is 6.54 Å². The van der Waals surface area contributed by atoms with Crippen molar-refractivity contribution in [3.63, 3.8) is 0 Å². The molecule has 2 rings (SSSR count). The van der Waals surface area contributed by atoms with Crippen molar-refractivity contribution in [2.75, 3.05) is 5.32 Å². The van der Waals surface area contributed by atoms with E-state index in [4.69, 9.17) is 0 Å². The predicted molar refractivity (Wildman–Crippen MR) is 64.8 cm³/mol. The topological polar surface area (TPSA) is 59.8 Å². The number of pyridine rings is 1. The molecular formula is C12H14N4O. The van der Waals surface area contributed by atoms with Crippen molar-refractivity contribution in [3.05, 3.63) is 41.9 Å². The maximum Gasteiger partial charge on any atom is 0.275 e. The highest BCUT2D eigenvalue weighted by Crippen LogP contribution is 2.11. The summed E-state index contributed by atoms with van der Waals surface area (Å²) in [6, 6.07) is 5.43. The Kier molecular flexibility index (Phi) is 3.18. The molecule has 5 heteroatoms. The summed E-state index contributed by atoms with van der Waals surface area (Å²) in [6.45, 7) is 4.51. The Morgan fingerprint density at radius 3 is 2.94 bits per heavy atom. The molecule has 17 heavy (non-hydrogen) atoms. The zero-order valence-electron chi connectivity index (χ0n) is 9.84. The number of nitrogens with zero attached hydrogens (tertiary/aromatic N) is 3. The van der Waals surface area contributed by atoms with Crippen LogP contribution in [-0.4, -0.2) is 20.7 Å². The van der Waals surface area contributed by atoms with Crippen molar-refractivity contribution in [2.24, 2.45) is 0 Å². The molecule has 0 saturated heterocycles. The smallest absolute Gasteiger partial charge is 0.275 e. The highest BCUT2D eigenvalue weighted by molar-refractivity contribution is 6.02. The molecular weight excluding hydrogens is 216 g/mol. The molecule has 0 unspecified atom stereocenters. The molecule has 2 aromatic rings. The van der Waals surface area contributed by atoms with Gasteiger partial charge in [0, 0.05) is 18.9 Å². The second-order valence-electron chi connectivity index (χ2n) is 3.66. The second-order valence-corrected chi connectivity index (χ2v) is 3.66. The molecule has 88 valence electrons. The van der Waals surface area contributed by atoms with E-state index in [0.717, 1.165) is 5.56 Å². The lowest BCUT2D eigenvalue weighted by Gasteiger charge is -2.07. The molecule has 0 aromatic carbocycles. The summed E-state index contributed by atoms with van der Waals surface area (Å²) in [5.41, 5.74) is 1.47. The summed E-state index contributed by atoms with van der Waals surface area (Å²) < 4.78 is 1.65. The van der Waals surface area contributed by atoms with Gasteiger partial charge in [0.2, 0.25) is 0 Å². The van der Waals surface area contributed by atoms with Crippen LogP contribution in [0.2, 0.25) is 0 Å². The van der Waals surface area contributed by atoms with E-state index in [2.05, 4.69) is 15.4 Å². The Bertz CT molecular complexity index is 533.